The first kappa shape index (κ1) is 14.1. The van der Waals surface area contributed by atoms with Gasteiger partial charge in [0.15, 0.2) is 0 Å². The van der Waals surface area contributed by atoms with Crippen molar-refractivity contribution in [2.75, 3.05) is 12.0 Å². The first-order chi connectivity index (χ1) is 8.13. The minimum absolute atomic E-state index is 0.246. The number of aliphatic carboxylic acids is 1. The number of benzene rings is 1. The molecule has 1 unspecified atom stereocenters. The van der Waals surface area contributed by atoms with Crippen LogP contribution in [0.3, 0.4) is 0 Å². The smallest absolute Gasteiger partial charge is 0.306 e. The number of aryl methyl sites for hydroxylation is 1. The van der Waals surface area contributed by atoms with Gasteiger partial charge in [-0.15, -0.1) is 0 Å². The molecule has 94 valence electrons. The molecule has 1 atom stereocenters. The molecule has 0 fully saturated rings. The van der Waals surface area contributed by atoms with Crippen LogP contribution in [0.25, 0.3) is 0 Å². The Hall–Kier alpha value is -0.960. The standard InChI is InChI=1S/C14H20O2S/c1-11-5-3-6-12(9-11)10-13(14(15)16)7-4-8-17-2/h3,5-6,9,13H,4,7-8,10H2,1-2H3,(H,15,16). The van der Waals surface area contributed by atoms with Crippen molar-refractivity contribution < 1.29 is 9.90 Å². The topological polar surface area (TPSA) is 37.3 Å². The predicted octanol–water partition coefficient (Wildman–Crippen LogP) is 3.38. The molecule has 1 rings (SSSR count). The summed E-state index contributed by atoms with van der Waals surface area (Å²) in [6.07, 6.45) is 4.44. The molecule has 0 heterocycles. The number of carboxylic acid groups (broad SMARTS) is 1. The fourth-order valence-electron chi connectivity index (χ4n) is 1.91. The van der Waals surface area contributed by atoms with Gasteiger partial charge < -0.3 is 5.11 Å². The molecule has 0 aliphatic rings. The molecule has 0 aliphatic heterocycles. The van der Waals surface area contributed by atoms with Crippen LogP contribution in [0.4, 0.5) is 0 Å². The van der Waals surface area contributed by atoms with Crippen molar-refractivity contribution in [1.29, 1.82) is 0 Å². The second kappa shape index (κ2) is 7.38. The average molecular weight is 252 g/mol. The Balaban J connectivity index is 2.57. The third kappa shape index (κ3) is 5.26. The normalized spacial score (nSPS) is 12.4. The third-order valence-electron chi connectivity index (χ3n) is 2.81. The summed E-state index contributed by atoms with van der Waals surface area (Å²) in [5.74, 6) is 0.119. The summed E-state index contributed by atoms with van der Waals surface area (Å²) in [5.41, 5.74) is 2.32. The van der Waals surface area contributed by atoms with Gasteiger partial charge >= 0.3 is 5.97 Å². The second-order valence-electron chi connectivity index (χ2n) is 4.36. The van der Waals surface area contributed by atoms with Gasteiger partial charge in [-0.25, -0.2) is 0 Å². The lowest BCUT2D eigenvalue weighted by molar-refractivity contribution is -0.141. The largest absolute Gasteiger partial charge is 0.481 e. The van der Waals surface area contributed by atoms with E-state index in [0.29, 0.717) is 6.42 Å². The Morgan fingerprint density at radius 1 is 1.47 bits per heavy atom. The first-order valence-corrected chi connectivity index (χ1v) is 7.30. The molecular weight excluding hydrogens is 232 g/mol. The minimum Gasteiger partial charge on any atom is -0.481 e. The van der Waals surface area contributed by atoms with Crippen molar-refractivity contribution in [3.63, 3.8) is 0 Å². The van der Waals surface area contributed by atoms with E-state index in [1.807, 2.05) is 25.1 Å². The predicted molar refractivity (Wildman–Crippen MR) is 73.6 cm³/mol. The third-order valence-corrected chi connectivity index (χ3v) is 3.51. The van der Waals surface area contributed by atoms with Crippen molar-refractivity contribution in [1.82, 2.24) is 0 Å². The van der Waals surface area contributed by atoms with Crippen LogP contribution in [-0.4, -0.2) is 23.1 Å². The fourth-order valence-corrected chi connectivity index (χ4v) is 2.37. The van der Waals surface area contributed by atoms with Crippen LogP contribution in [0.15, 0.2) is 24.3 Å². The molecule has 1 aromatic carbocycles. The summed E-state index contributed by atoms with van der Waals surface area (Å²) in [4.78, 5) is 11.2. The molecule has 0 amide bonds. The van der Waals surface area contributed by atoms with E-state index in [-0.39, 0.29) is 5.92 Å². The number of carbonyl (C=O) groups is 1. The zero-order valence-electron chi connectivity index (χ0n) is 10.5. The molecular formula is C14H20O2S. The highest BCUT2D eigenvalue weighted by Gasteiger charge is 2.17. The quantitative estimate of drug-likeness (QED) is 0.756. The van der Waals surface area contributed by atoms with E-state index < -0.39 is 5.97 Å². The van der Waals surface area contributed by atoms with Crippen LogP contribution in [0.2, 0.25) is 0 Å². The molecule has 0 radical (unpaired) electrons. The highest BCUT2D eigenvalue weighted by Crippen LogP contribution is 2.16. The molecule has 0 bridgehead atoms. The lowest BCUT2D eigenvalue weighted by Gasteiger charge is -2.12. The molecule has 17 heavy (non-hydrogen) atoms. The van der Waals surface area contributed by atoms with E-state index in [0.717, 1.165) is 24.2 Å². The van der Waals surface area contributed by atoms with Gasteiger partial charge in [-0.1, -0.05) is 29.8 Å². The molecule has 3 heteroatoms. The summed E-state index contributed by atoms with van der Waals surface area (Å²) in [5, 5.41) is 9.20. The first-order valence-electron chi connectivity index (χ1n) is 5.90. The van der Waals surface area contributed by atoms with Gasteiger partial charge in [0.25, 0.3) is 0 Å². The van der Waals surface area contributed by atoms with Crippen molar-refractivity contribution >= 4 is 17.7 Å². The Kier molecular flexibility index (Phi) is 6.12. The lowest BCUT2D eigenvalue weighted by Crippen LogP contribution is -2.16. The van der Waals surface area contributed by atoms with E-state index in [4.69, 9.17) is 0 Å². The highest BCUT2D eigenvalue weighted by molar-refractivity contribution is 7.98. The Labute approximate surface area is 107 Å². The van der Waals surface area contributed by atoms with Crippen LogP contribution in [0, 0.1) is 12.8 Å². The van der Waals surface area contributed by atoms with Crippen molar-refractivity contribution in [2.24, 2.45) is 5.92 Å². The zero-order valence-corrected chi connectivity index (χ0v) is 11.3. The monoisotopic (exact) mass is 252 g/mol. The minimum atomic E-state index is -0.674. The number of hydrogen-bond donors (Lipinski definition) is 1. The average Bonchev–Trinajstić information content (AvgIpc) is 2.28. The molecule has 1 N–H and O–H groups in total. The summed E-state index contributed by atoms with van der Waals surface area (Å²) in [6.45, 7) is 2.03. The fraction of sp³-hybridized carbons (Fsp3) is 0.500. The van der Waals surface area contributed by atoms with Crippen LogP contribution < -0.4 is 0 Å². The SMILES string of the molecule is CSCCCC(Cc1cccc(C)c1)C(=O)O. The van der Waals surface area contributed by atoms with Crippen molar-refractivity contribution in [3.05, 3.63) is 35.4 Å². The Bertz CT molecular complexity index is 363. The molecule has 0 saturated carbocycles. The number of hydrogen-bond acceptors (Lipinski definition) is 2. The van der Waals surface area contributed by atoms with Gasteiger partial charge in [-0.3, -0.25) is 4.79 Å². The van der Waals surface area contributed by atoms with Crippen LogP contribution in [0.1, 0.15) is 24.0 Å². The van der Waals surface area contributed by atoms with Gasteiger partial charge in [-0.05, 0) is 43.8 Å². The maximum Gasteiger partial charge on any atom is 0.306 e. The summed E-state index contributed by atoms with van der Waals surface area (Å²) in [6, 6.07) is 8.11. The molecule has 0 aromatic heterocycles. The van der Waals surface area contributed by atoms with Crippen LogP contribution in [0.5, 0.6) is 0 Å². The number of thioether (sulfide) groups is 1. The maximum atomic E-state index is 11.2. The van der Waals surface area contributed by atoms with Crippen LogP contribution in [-0.2, 0) is 11.2 Å². The Morgan fingerprint density at radius 3 is 2.82 bits per heavy atom. The number of carboxylic acids is 1. The van der Waals surface area contributed by atoms with Gasteiger partial charge in [0.05, 0.1) is 5.92 Å². The van der Waals surface area contributed by atoms with E-state index >= 15 is 0 Å². The van der Waals surface area contributed by atoms with E-state index in [1.165, 1.54) is 5.56 Å². The molecule has 2 nitrogen and oxygen atoms in total. The molecule has 0 spiro atoms. The van der Waals surface area contributed by atoms with Gasteiger partial charge in [0, 0.05) is 0 Å². The maximum absolute atomic E-state index is 11.2. The van der Waals surface area contributed by atoms with E-state index in [1.54, 1.807) is 11.8 Å². The van der Waals surface area contributed by atoms with Crippen molar-refractivity contribution in [3.8, 4) is 0 Å². The summed E-state index contributed by atoms with van der Waals surface area (Å²) < 4.78 is 0. The van der Waals surface area contributed by atoms with Crippen molar-refractivity contribution in [2.45, 2.75) is 26.2 Å². The molecule has 0 aliphatic carbocycles. The molecule has 0 saturated heterocycles. The summed E-state index contributed by atoms with van der Waals surface area (Å²) in [7, 11) is 0. The zero-order chi connectivity index (χ0) is 12.7. The van der Waals surface area contributed by atoms with Gasteiger partial charge in [-0.2, -0.15) is 11.8 Å². The second-order valence-corrected chi connectivity index (χ2v) is 5.35. The van der Waals surface area contributed by atoms with Gasteiger partial charge in [0.2, 0.25) is 0 Å². The Morgan fingerprint density at radius 2 is 2.24 bits per heavy atom. The van der Waals surface area contributed by atoms with Gasteiger partial charge in [0.1, 0.15) is 0 Å². The number of rotatable bonds is 7. The van der Waals surface area contributed by atoms with E-state index in [9.17, 15) is 9.90 Å². The molecule has 1 aromatic rings. The van der Waals surface area contributed by atoms with Crippen LogP contribution >= 0.6 is 11.8 Å². The lowest BCUT2D eigenvalue weighted by atomic mass is 9.94. The van der Waals surface area contributed by atoms with E-state index in [2.05, 4.69) is 12.3 Å². The summed E-state index contributed by atoms with van der Waals surface area (Å²) >= 11 is 1.77. The highest BCUT2D eigenvalue weighted by atomic mass is 32.2.